The first-order valence-electron chi connectivity index (χ1n) is 10.6. The number of nitrogens with one attached hydrogen (secondary N) is 1. The monoisotopic (exact) mass is 463 g/mol. The van der Waals surface area contributed by atoms with Crippen LogP contribution in [0.3, 0.4) is 0 Å². The molecule has 0 saturated carbocycles. The van der Waals surface area contributed by atoms with Crippen molar-refractivity contribution in [2.24, 2.45) is 0 Å². The molecule has 1 amide bonds. The maximum Gasteiger partial charge on any atom is 0.262 e. The highest BCUT2D eigenvalue weighted by atomic mass is 32.2. The second-order valence-corrected chi connectivity index (χ2v) is 8.41. The lowest BCUT2D eigenvalue weighted by Gasteiger charge is -2.13. The van der Waals surface area contributed by atoms with Crippen molar-refractivity contribution in [3.05, 3.63) is 76.7 Å². The zero-order valence-electron chi connectivity index (χ0n) is 18.5. The van der Waals surface area contributed by atoms with Crippen molar-refractivity contribution in [1.82, 2.24) is 19.3 Å². The zero-order chi connectivity index (χ0) is 23.2. The molecule has 2 aromatic heterocycles. The van der Waals surface area contributed by atoms with Gasteiger partial charge in [0.2, 0.25) is 5.91 Å². The Hall–Kier alpha value is -3.43. The summed E-state index contributed by atoms with van der Waals surface area (Å²) in [5.74, 6) is 0.491. The standard InChI is InChI=1S/C24H25N5O3S/c1-17-15-21(29(27-17)18-9-4-3-5-10-18)26-22(30)16-33-24-25-20-12-7-6-11-19(20)23(31)28(24)13-8-14-32-2/h3-7,9-12,15H,8,13-14,16H2,1-2H3,(H,26,30). The molecule has 170 valence electrons. The lowest BCUT2D eigenvalue weighted by molar-refractivity contribution is -0.113. The number of amides is 1. The van der Waals surface area contributed by atoms with E-state index in [1.165, 1.54) is 11.8 Å². The number of benzene rings is 2. The number of aryl methyl sites for hydroxylation is 1. The van der Waals surface area contributed by atoms with E-state index in [2.05, 4.69) is 15.4 Å². The number of methoxy groups -OCH3 is 1. The quantitative estimate of drug-likeness (QED) is 0.231. The summed E-state index contributed by atoms with van der Waals surface area (Å²) in [5, 5.41) is 8.48. The highest BCUT2D eigenvalue weighted by Crippen LogP contribution is 2.20. The van der Waals surface area contributed by atoms with E-state index >= 15 is 0 Å². The molecule has 8 nitrogen and oxygen atoms in total. The molecule has 0 radical (unpaired) electrons. The number of thioether (sulfide) groups is 1. The average Bonchev–Trinajstić information content (AvgIpc) is 3.19. The Morgan fingerprint density at radius 3 is 2.67 bits per heavy atom. The molecule has 2 heterocycles. The number of rotatable bonds is 9. The molecule has 0 saturated heterocycles. The number of nitrogens with zero attached hydrogens (tertiary/aromatic N) is 4. The molecule has 0 aliphatic carbocycles. The van der Waals surface area contributed by atoms with E-state index < -0.39 is 0 Å². The molecule has 0 bridgehead atoms. The predicted octanol–water partition coefficient (Wildman–Crippen LogP) is 3.66. The van der Waals surface area contributed by atoms with E-state index in [0.717, 1.165) is 11.4 Å². The van der Waals surface area contributed by atoms with Gasteiger partial charge in [0, 0.05) is 26.3 Å². The van der Waals surface area contributed by atoms with Crippen molar-refractivity contribution < 1.29 is 9.53 Å². The van der Waals surface area contributed by atoms with E-state index in [1.807, 2.05) is 61.5 Å². The van der Waals surface area contributed by atoms with Gasteiger partial charge in [0.25, 0.3) is 5.56 Å². The summed E-state index contributed by atoms with van der Waals surface area (Å²) in [4.78, 5) is 30.5. The molecular weight excluding hydrogens is 438 g/mol. The van der Waals surface area contributed by atoms with Gasteiger partial charge >= 0.3 is 0 Å². The number of hydrogen-bond acceptors (Lipinski definition) is 6. The number of carbonyl (C=O) groups is 1. The Labute approximate surface area is 195 Å². The third-order valence-electron chi connectivity index (χ3n) is 4.99. The topological polar surface area (TPSA) is 91.0 Å². The van der Waals surface area contributed by atoms with Gasteiger partial charge in [-0.15, -0.1) is 0 Å². The molecule has 0 aliphatic rings. The Balaban J connectivity index is 1.53. The van der Waals surface area contributed by atoms with E-state index in [1.54, 1.807) is 22.4 Å². The number of anilines is 1. The van der Waals surface area contributed by atoms with Gasteiger partial charge in [0.15, 0.2) is 5.16 Å². The molecule has 4 rings (SSSR count). The van der Waals surface area contributed by atoms with Crippen molar-refractivity contribution >= 4 is 34.4 Å². The van der Waals surface area contributed by atoms with Crippen molar-refractivity contribution in [2.45, 2.75) is 25.0 Å². The number of ether oxygens (including phenoxy) is 1. The van der Waals surface area contributed by atoms with Crippen LogP contribution in [0.2, 0.25) is 0 Å². The van der Waals surface area contributed by atoms with Crippen LogP contribution in [0.15, 0.2) is 70.6 Å². The van der Waals surface area contributed by atoms with E-state index in [4.69, 9.17) is 4.74 Å². The molecule has 0 atom stereocenters. The van der Waals surface area contributed by atoms with Crippen LogP contribution in [0.25, 0.3) is 16.6 Å². The van der Waals surface area contributed by atoms with Crippen molar-refractivity contribution in [2.75, 3.05) is 24.8 Å². The number of carbonyl (C=O) groups excluding carboxylic acids is 1. The minimum Gasteiger partial charge on any atom is -0.385 e. The summed E-state index contributed by atoms with van der Waals surface area (Å²) < 4.78 is 8.45. The van der Waals surface area contributed by atoms with Gasteiger partial charge in [-0.05, 0) is 37.6 Å². The SMILES string of the molecule is COCCCn1c(SCC(=O)Nc2cc(C)nn2-c2ccccc2)nc2ccccc2c1=O. The normalized spacial score (nSPS) is 11.1. The lowest BCUT2D eigenvalue weighted by atomic mass is 10.2. The first-order valence-corrected chi connectivity index (χ1v) is 11.6. The van der Waals surface area contributed by atoms with E-state index in [-0.39, 0.29) is 17.2 Å². The third-order valence-corrected chi connectivity index (χ3v) is 5.97. The summed E-state index contributed by atoms with van der Waals surface area (Å²) in [6, 6.07) is 18.7. The molecule has 2 aromatic carbocycles. The zero-order valence-corrected chi connectivity index (χ0v) is 19.3. The molecule has 9 heteroatoms. The number of para-hydroxylation sites is 2. The maximum absolute atomic E-state index is 13.0. The molecule has 0 fully saturated rings. The number of fused-ring (bicyclic) bond motifs is 1. The predicted molar refractivity (Wildman–Crippen MR) is 130 cm³/mol. The van der Waals surface area contributed by atoms with Crippen molar-refractivity contribution in [3.63, 3.8) is 0 Å². The van der Waals surface area contributed by atoms with Crippen LogP contribution in [-0.2, 0) is 16.1 Å². The van der Waals surface area contributed by atoms with Gasteiger partial charge < -0.3 is 10.1 Å². The molecular formula is C24H25N5O3S. The Bertz CT molecular complexity index is 1320. The fourth-order valence-corrected chi connectivity index (χ4v) is 4.31. The van der Waals surface area contributed by atoms with Gasteiger partial charge in [-0.1, -0.05) is 42.1 Å². The van der Waals surface area contributed by atoms with Gasteiger partial charge in [-0.3, -0.25) is 14.2 Å². The molecule has 0 spiro atoms. The van der Waals surface area contributed by atoms with Crippen LogP contribution in [0.4, 0.5) is 5.82 Å². The Morgan fingerprint density at radius 2 is 1.88 bits per heavy atom. The Kier molecular flexibility index (Phi) is 7.21. The second kappa shape index (κ2) is 10.5. The van der Waals surface area contributed by atoms with Crippen LogP contribution < -0.4 is 10.9 Å². The summed E-state index contributed by atoms with van der Waals surface area (Å²) in [6.45, 7) is 2.88. The van der Waals surface area contributed by atoms with Gasteiger partial charge in [0.05, 0.1) is 28.0 Å². The van der Waals surface area contributed by atoms with Crippen LogP contribution >= 0.6 is 11.8 Å². The summed E-state index contributed by atoms with van der Waals surface area (Å²) in [6.07, 6.45) is 0.672. The number of hydrogen-bond donors (Lipinski definition) is 1. The van der Waals surface area contributed by atoms with E-state index in [0.29, 0.717) is 41.4 Å². The number of aromatic nitrogens is 4. The third kappa shape index (κ3) is 5.32. The van der Waals surface area contributed by atoms with Gasteiger partial charge in [-0.2, -0.15) is 5.10 Å². The summed E-state index contributed by atoms with van der Waals surface area (Å²) in [5.41, 5.74) is 2.16. The van der Waals surface area contributed by atoms with Gasteiger partial charge in [-0.25, -0.2) is 9.67 Å². The molecule has 0 unspecified atom stereocenters. The molecule has 4 aromatic rings. The van der Waals surface area contributed by atoms with Crippen molar-refractivity contribution in [1.29, 1.82) is 0 Å². The van der Waals surface area contributed by atoms with E-state index in [9.17, 15) is 9.59 Å². The van der Waals surface area contributed by atoms with Crippen LogP contribution in [0.1, 0.15) is 12.1 Å². The average molecular weight is 464 g/mol. The minimum absolute atomic E-state index is 0.105. The second-order valence-electron chi connectivity index (χ2n) is 7.47. The van der Waals surface area contributed by atoms with Crippen LogP contribution in [-0.4, -0.2) is 44.7 Å². The Morgan fingerprint density at radius 1 is 1.12 bits per heavy atom. The lowest BCUT2D eigenvalue weighted by Crippen LogP contribution is -2.25. The smallest absolute Gasteiger partial charge is 0.262 e. The van der Waals surface area contributed by atoms with Crippen LogP contribution in [0, 0.1) is 6.92 Å². The molecule has 1 N–H and O–H groups in total. The highest BCUT2D eigenvalue weighted by Gasteiger charge is 2.15. The molecule has 0 aliphatic heterocycles. The van der Waals surface area contributed by atoms with Gasteiger partial charge in [0.1, 0.15) is 5.82 Å². The maximum atomic E-state index is 13.0. The molecule has 33 heavy (non-hydrogen) atoms. The highest BCUT2D eigenvalue weighted by molar-refractivity contribution is 7.99. The summed E-state index contributed by atoms with van der Waals surface area (Å²) >= 11 is 1.24. The fourth-order valence-electron chi connectivity index (χ4n) is 3.49. The first-order chi connectivity index (χ1) is 16.1. The first kappa shape index (κ1) is 22.8. The van der Waals surface area contributed by atoms with Crippen molar-refractivity contribution in [3.8, 4) is 5.69 Å². The largest absolute Gasteiger partial charge is 0.385 e. The summed E-state index contributed by atoms with van der Waals surface area (Å²) in [7, 11) is 1.63. The minimum atomic E-state index is -0.206. The van der Waals surface area contributed by atoms with Crippen LogP contribution in [0.5, 0.6) is 0 Å². The fraction of sp³-hybridized carbons (Fsp3) is 0.250.